The Bertz CT molecular complexity index is 659. The summed E-state index contributed by atoms with van der Waals surface area (Å²) in [6.07, 6.45) is 2.30. The van der Waals surface area contributed by atoms with Gasteiger partial charge in [-0.25, -0.2) is 9.37 Å². The number of amides is 1. The van der Waals surface area contributed by atoms with Crippen molar-refractivity contribution in [3.8, 4) is 0 Å². The largest absolute Gasteiger partial charge is 0.392 e. The summed E-state index contributed by atoms with van der Waals surface area (Å²) >= 11 is 1.39. The van der Waals surface area contributed by atoms with E-state index in [1.165, 1.54) is 23.5 Å². The molecule has 2 heterocycles. The van der Waals surface area contributed by atoms with Crippen LogP contribution in [0.15, 0.2) is 30.5 Å². The molecule has 1 fully saturated rings. The highest BCUT2D eigenvalue weighted by Crippen LogP contribution is 2.22. The molecule has 1 aromatic heterocycles. The van der Waals surface area contributed by atoms with Crippen molar-refractivity contribution in [3.63, 3.8) is 0 Å². The first kappa shape index (κ1) is 15.1. The highest BCUT2D eigenvalue weighted by atomic mass is 32.1. The number of benzene rings is 1. The van der Waals surface area contributed by atoms with Gasteiger partial charge in [0.25, 0.3) is 0 Å². The van der Waals surface area contributed by atoms with Crippen LogP contribution >= 0.6 is 11.3 Å². The number of nitrogens with one attached hydrogen (secondary N) is 2. The lowest BCUT2D eigenvalue weighted by atomic mass is 10.1. The fourth-order valence-corrected chi connectivity index (χ4v) is 3.21. The zero-order valence-electron chi connectivity index (χ0n) is 11.8. The molecule has 2 unspecified atom stereocenters. The Morgan fingerprint density at radius 2 is 2.23 bits per heavy atom. The lowest BCUT2D eigenvalue weighted by molar-refractivity contribution is -0.117. The van der Waals surface area contributed by atoms with Crippen molar-refractivity contribution < 1.29 is 14.3 Å². The zero-order valence-corrected chi connectivity index (χ0v) is 12.6. The third-order valence-electron chi connectivity index (χ3n) is 3.50. The van der Waals surface area contributed by atoms with Crippen LogP contribution in [-0.4, -0.2) is 34.7 Å². The van der Waals surface area contributed by atoms with Crippen molar-refractivity contribution in [2.75, 3.05) is 11.9 Å². The van der Waals surface area contributed by atoms with E-state index in [2.05, 4.69) is 15.6 Å². The standard InChI is InChI=1S/C15H16FN3O2S/c16-10-3-1-9(2-4-10)5-12-8-18-15(22-12)19-14(21)13-6-11(20)7-17-13/h1-4,8,11,13,17,20H,5-7H2,(H,18,19,21). The molecule has 116 valence electrons. The minimum Gasteiger partial charge on any atom is -0.392 e. The third kappa shape index (κ3) is 3.68. The highest BCUT2D eigenvalue weighted by molar-refractivity contribution is 7.15. The lowest BCUT2D eigenvalue weighted by Crippen LogP contribution is -2.35. The average molecular weight is 321 g/mol. The molecule has 7 heteroatoms. The first-order valence-corrected chi connectivity index (χ1v) is 7.83. The molecule has 2 atom stereocenters. The maximum absolute atomic E-state index is 12.9. The predicted octanol–water partition coefficient (Wildman–Crippen LogP) is 1.53. The van der Waals surface area contributed by atoms with Gasteiger partial charge in [-0.05, 0) is 24.1 Å². The van der Waals surface area contributed by atoms with E-state index in [-0.39, 0.29) is 17.8 Å². The quantitative estimate of drug-likeness (QED) is 0.798. The molecule has 22 heavy (non-hydrogen) atoms. The SMILES string of the molecule is O=C(Nc1ncc(Cc2ccc(F)cc2)s1)C1CC(O)CN1. The number of hydrogen-bond acceptors (Lipinski definition) is 5. The molecule has 1 aromatic carbocycles. The molecule has 2 aromatic rings. The number of halogens is 1. The van der Waals surface area contributed by atoms with Crippen molar-refractivity contribution in [2.45, 2.75) is 25.0 Å². The number of carbonyl (C=O) groups excluding carboxylic acids is 1. The Balaban J connectivity index is 1.59. The van der Waals surface area contributed by atoms with E-state index in [1.807, 2.05) is 0 Å². The van der Waals surface area contributed by atoms with E-state index < -0.39 is 6.10 Å². The molecule has 0 bridgehead atoms. The van der Waals surface area contributed by atoms with Gasteiger partial charge in [-0.1, -0.05) is 12.1 Å². The number of carbonyl (C=O) groups is 1. The zero-order chi connectivity index (χ0) is 15.5. The van der Waals surface area contributed by atoms with Crippen LogP contribution < -0.4 is 10.6 Å². The normalized spacial score (nSPS) is 21.0. The number of thiazole rings is 1. The Hall–Kier alpha value is -1.83. The van der Waals surface area contributed by atoms with Crippen LogP contribution in [0, 0.1) is 5.82 Å². The van der Waals surface area contributed by atoms with Gasteiger partial charge in [0.15, 0.2) is 5.13 Å². The lowest BCUT2D eigenvalue weighted by Gasteiger charge is -2.08. The molecule has 1 aliphatic heterocycles. The number of aliphatic hydroxyl groups is 1. The van der Waals surface area contributed by atoms with Gasteiger partial charge in [-0.2, -0.15) is 0 Å². The van der Waals surface area contributed by atoms with Crippen LogP contribution in [0.4, 0.5) is 9.52 Å². The Morgan fingerprint density at radius 3 is 2.91 bits per heavy atom. The number of nitrogens with zero attached hydrogens (tertiary/aromatic N) is 1. The van der Waals surface area contributed by atoms with E-state index in [1.54, 1.807) is 18.3 Å². The number of rotatable bonds is 4. The first-order chi connectivity index (χ1) is 10.6. The molecule has 3 rings (SSSR count). The van der Waals surface area contributed by atoms with Crippen molar-refractivity contribution in [2.24, 2.45) is 0 Å². The van der Waals surface area contributed by atoms with Crippen molar-refractivity contribution in [1.29, 1.82) is 0 Å². The van der Waals surface area contributed by atoms with Crippen LogP contribution in [0.3, 0.4) is 0 Å². The predicted molar refractivity (Wildman–Crippen MR) is 82.4 cm³/mol. The second-order valence-corrected chi connectivity index (χ2v) is 6.39. The van der Waals surface area contributed by atoms with Gasteiger partial charge in [0, 0.05) is 24.0 Å². The maximum Gasteiger partial charge on any atom is 0.243 e. The van der Waals surface area contributed by atoms with Gasteiger partial charge < -0.3 is 15.7 Å². The molecular weight excluding hydrogens is 305 g/mol. The second-order valence-electron chi connectivity index (χ2n) is 5.27. The molecule has 1 aliphatic rings. The van der Waals surface area contributed by atoms with E-state index >= 15 is 0 Å². The molecule has 0 spiro atoms. The summed E-state index contributed by atoms with van der Waals surface area (Å²) in [4.78, 5) is 17.2. The fourth-order valence-electron chi connectivity index (χ4n) is 2.36. The van der Waals surface area contributed by atoms with Gasteiger partial charge in [0.2, 0.25) is 5.91 Å². The van der Waals surface area contributed by atoms with Gasteiger partial charge in [0.1, 0.15) is 5.82 Å². The molecular formula is C15H16FN3O2S. The third-order valence-corrected chi connectivity index (χ3v) is 4.41. The summed E-state index contributed by atoms with van der Waals surface area (Å²) in [7, 11) is 0. The minimum atomic E-state index is -0.471. The van der Waals surface area contributed by atoms with Crippen molar-refractivity contribution in [1.82, 2.24) is 10.3 Å². The monoisotopic (exact) mass is 321 g/mol. The summed E-state index contributed by atoms with van der Waals surface area (Å²) in [5.74, 6) is -0.438. The highest BCUT2D eigenvalue weighted by Gasteiger charge is 2.28. The number of hydrogen-bond donors (Lipinski definition) is 3. The molecule has 1 amide bonds. The Morgan fingerprint density at radius 1 is 1.45 bits per heavy atom. The summed E-state index contributed by atoms with van der Waals surface area (Å²) in [5, 5.41) is 15.7. The fraction of sp³-hybridized carbons (Fsp3) is 0.333. The van der Waals surface area contributed by atoms with Gasteiger partial charge in [-0.3, -0.25) is 4.79 Å². The summed E-state index contributed by atoms with van der Waals surface area (Å²) in [6, 6.07) is 5.94. The van der Waals surface area contributed by atoms with Gasteiger partial charge in [0.05, 0.1) is 12.1 Å². The Labute approximate surface area is 131 Å². The first-order valence-electron chi connectivity index (χ1n) is 7.01. The van der Waals surface area contributed by atoms with Gasteiger partial charge in [-0.15, -0.1) is 11.3 Å². The summed E-state index contributed by atoms with van der Waals surface area (Å²) in [6.45, 7) is 0.436. The molecule has 0 radical (unpaired) electrons. The molecule has 3 N–H and O–H groups in total. The van der Waals surface area contributed by atoms with Crippen LogP contribution in [-0.2, 0) is 11.2 Å². The number of anilines is 1. The van der Waals surface area contributed by atoms with Crippen molar-refractivity contribution >= 4 is 22.4 Å². The van der Waals surface area contributed by atoms with Gasteiger partial charge >= 0.3 is 0 Å². The van der Waals surface area contributed by atoms with E-state index in [4.69, 9.17) is 0 Å². The van der Waals surface area contributed by atoms with Crippen molar-refractivity contribution in [3.05, 3.63) is 46.7 Å². The Kier molecular flexibility index (Phi) is 4.47. The second kappa shape index (κ2) is 6.51. The van der Waals surface area contributed by atoms with E-state index in [0.29, 0.717) is 24.5 Å². The van der Waals surface area contributed by atoms with Crippen LogP contribution in [0.2, 0.25) is 0 Å². The topological polar surface area (TPSA) is 74.2 Å². The van der Waals surface area contributed by atoms with Crippen LogP contribution in [0.1, 0.15) is 16.9 Å². The van der Waals surface area contributed by atoms with Crippen LogP contribution in [0.5, 0.6) is 0 Å². The summed E-state index contributed by atoms with van der Waals surface area (Å²) < 4.78 is 12.9. The van der Waals surface area contributed by atoms with E-state index in [0.717, 1.165) is 10.4 Å². The molecule has 5 nitrogen and oxygen atoms in total. The van der Waals surface area contributed by atoms with Crippen LogP contribution in [0.25, 0.3) is 0 Å². The number of aromatic nitrogens is 1. The smallest absolute Gasteiger partial charge is 0.243 e. The number of aliphatic hydroxyl groups excluding tert-OH is 1. The summed E-state index contributed by atoms with van der Waals surface area (Å²) in [5.41, 5.74) is 0.989. The minimum absolute atomic E-state index is 0.181. The number of β-amino-alcohol motifs (C(OH)–C–C–N with tert-alkyl or cyclic N) is 1. The van der Waals surface area contributed by atoms with E-state index in [9.17, 15) is 14.3 Å². The molecule has 1 saturated heterocycles. The molecule has 0 saturated carbocycles. The average Bonchev–Trinajstić information content (AvgIpc) is 3.11. The maximum atomic E-state index is 12.9. The molecule has 0 aliphatic carbocycles.